The van der Waals surface area contributed by atoms with Gasteiger partial charge >= 0.3 is 5.97 Å². The van der Waals surface area contributed by atoms with Crippen LogP contribution in [0.15, 0.2) is 71.6 Å². The van der Waals surface area contributed by atoms with Gasteiger partial charge in [0.15, 0.2) is 0 Å². The van der Waals surface area contributed by atoms with E-state index in [1.54, 1.807) is 93.1 Å². The van der Waals surface area contributed by atoms with Gasteiger partial charge in [0.1, 0.15) is 23.0 Å². The van der Waals surface area contributed by atoms with Crippen LogP contribution < -0.4 is 19.5 Å². The Balaban J connectivity index is 1.52. The topological polar surface area (TPSA) is 100 Å². The number of methoxy groups -OCH3 is 3. The minimum absolute atomic E-state index is 0.344. The first-order valence-electron chi connectivity index (χ1n) is 11.0. The van der Waals surface area contributed by atoms with E-state index in [-0.39, 0.29) is 5.24 Å². The number of hydrogen-bond acceptors (Lipinski definition) is 8. The fraction of sp³-hybridized carbons (Fsp3) is 0.107. The summed E-state index contributed by atoms with van der Waals surface area (Å²) in [5, 5.41) is 1.84. The molecule has 37 heavy (non-hydrogen) atoms. The van der Waals surface area contributed by atoms with E-state index in [1.165, 1.54) is 7.11 Å². The summed E-state index contributed by atoms with van der Waals surface area (Å²) in [5.41, 5.74) is 2.47. The molecule has 1 heterocycles. The molecule has 3 aromatic rings. The number of ether oxygens (including phenoxy) is 4. The highest BCUT2D eigenvalue weighted by Gasteiger charge is 2.24. The lowest BCUT2D eigenvalue weighted by molar-refractivity contribution is -0.133. The molecule has 1 fully saturated rings. The summed E-state index contributed by atoms with van der Waals surface area (Å²) in [7, 11) is 4.44. The van der Waals surface area contributed by atoms with Crippen LogP contribution in [0.3, 0.4) is 0 Å². The number of rotatable bonds is 8. The lowest BCUT2D eigenvalue weighted by Gasteiger charge is -2.10. The molecule has 0 saturated carbocycles. The molecule has 3 aromatic carbocycles. The molecular formula is C28H23NO7S. The molecule has 0 aliphatic carbocycles. The molecule has 0 radical (unpaired) electrons. The van der Waals surface area contributed by atoms with Crippen molar-refractivity contribution in [3.8, 4) is 23.0 Å². The summed E-state index contributed by atoms with van der Waals surface area (Å²) < 4.78 is 21.5. The largest absolute Gasteiger partial charge is 0.497 e. The quantitative estimate of drug-likeness (QED) is 0.236. The van der Waals surface area contributed by atoms with Gasteiger partial charge in [-0.15, -0.1) is 0 Å². The van der Waals surface area contributed by atoms with Crippen LogP contribution in [0.4, 0.5) is 4.79 Å². The number of amides is 2. The number of hydrogen-bond donors (Lipinski definition) is 1. The maximum atomic E-state index is 12.6. The molecule has 2 amide bonds. The van der Waals surface area contributed by atoms with Crippen molar-refractivity contribution >= 4 is 46.6 Å². The van der Waals surface area contributed by atoms with Gasteiger partial charge in [0, 0.05) is 6.07 Å². The second kappa shape index (κ2) is 11.5. The number of carbonyl (C=O) groups excluding carboxylic acids is 3. The van der Waals surface area contributed by atoms with Gasteiger partial charge in [-0.25, -0.2) is 4.79 Å². The zero-order valence-electron chi connectivity index (χ0n) is 20.3. The molecule has 1 N–H and O–H groups in total. The van der Waals surface area contributed by atoms with Crippen LogP contribution >= 0.6 is 11.8 Å². The van der Waals surface area contributed by atoms with Crippen molar-refractivity contribution in [1.82, 2.24) is 5.32 Å². The molecule has 0 spiro atoms. The monoisotopic (exact) mass is 517 g/mol. The van der Waals surface area contributed by atoms with Crippen molar-refractivity contribution in [2.24, 2.45) is 0 Å². The summed E-state index contributed by atoms with van der Waals surface area (Å²) >= 11 is 0.867. The SMILES string of the molecule is COC(=O)/C(=C\c1cc(OC)cc(OC)c1)c1ccc(Oc2ccc(/C=C3/SC(=O)NC3=O)cc2)cc1. The first-order valence-corrected chi connectivity index (χ1v) is 11.9. The zero-order valence-corrected chi connectivity index (χ0v) is 21.1. The van der Waals surface area contributed by atoms with Crippen molar-refractivity contribution in [3.63, 3.8) is 0 Å². The predicted octanol–water partition coefficient (Wildman–Crippen LogP) is 5.53. The van der Waals surface area contributed by atoms with Crippen molar-refractivity contribution in [2.45, 2.75) is 0 Å². The summed E-state index contributed by atoms with van der Waals surface area (Å²) in [6, 6.07) is 19.4. The van der Waals surface area contributed by atoms with Crippen molar-refractivity contribution in [1.29, 1.82) is 0 Å². The molecule has 8 nitrogen and oxygen atoms in total. The first kappa shape index (κ1) is 25.6. The summed E-state index contributed by atoms with van der Waals surface area (Å²) in [4.78, 5) is 35.9. The van der Waals surface area contributed by atoms with Gasteiger partial charge in [-0.2, -0.15) is 0 Å². The Bertz CT molecular complexity index is 1370. The van der Waals surface area contributed by atoms with Crippen LogP contribution in [0.2, 0.25) is 0 Å². The summed E-state index contributed by atoms with van der Waals surface area (Å²) in [5.74, 6) is 1.46. The Labute approximate surface area is 217 Å². The second-order valence-electron chi connectivity index (χ2n) is 7.74. The highest BCUT2D eigenvalue weighted by molar-refractivity contribution is 8.18. The summed E-state index contributed by atoms with van der Waals surface area (Å²) in [6.45, 7) is 0. The van der Waals surface area contributed by atoms with E-state index in [0.29, 0.717) is 44.6 Å². The van der Waals surface area contributed by atoms with Crippen LogP contribution in [0.5, 0.6) is 23.0 Å². The number of benzene rings is 3. The Morgan fingerprint density at radius 2 is 1.38 bits per heavy atom. The minimum Gasteiger partial charge on any atom is -0.497 e. The number of imide groups is 1. The van der Waals surface area contributed by atoms with Gasteiger partial charge in [-0.05, 0) is 77.0 Å². The zero-order chi connectivity index (χ0) is 26.4. The molecule has 1 aliphatic heterocycles. The van der Waals surface area contributed by atoms with Crippen LogP contribution in [0.1, 0.15) is 16.7 Å². The van der Waals surface area contributed by atoms with Gasteiger partial charge in [-0.3, -0.25) is 14.9 Å². The molecular weight excluding hydrogens is 494 g/mol. The average Bonchev–Trinajstić information content (AvgIpc) is 3.24. The lowest BCUT2D eigenvalue weighted by atomic mass is 10.0. The molecule has 1 aliphatic rings. The Morgan fingerprint density at radius 3 is 1.89 bits per heavy atom. The number of nitrogens with one attached hydrogen (secondary N) is 1. The highest BCUT2D eigenvalue weighted by Crippen LogP contribution is 2.30. The molecule has 1 saturated heterocycles. The Hall–Kier alpha value is -4.50. The maximum Gasteiger partial charge on any atom is 0.338 e. The van der Waals surface area contributed by atoms with Crippen LogP contribution in [0, 0.1) is 0 Å². The van der Waals surface area contributed by atoms with E-state index >= 15 is 0 Å². The van der Waals surface area contributed by atoms with E-state index in [9.17, 15) is 14.4 Å². The van der Waals surface area contributed by atoms with Gasteiger partial charge in [0.2, 0.25) is 0 Å². The minimum atomic E-state index is -0.490. The second-order valence-corrected chi connectivity index (χ2v) is 8.76. The normalized spacial score (nSPS) is 14.4. The maximum absolute atomic E-state index is 12.6. The average molecular weight is 518 g/mol. The molecule has 0 atom stereocenters. The number of esters is 1. The first-order chi connectivity index (χ1) is 17.9. The molecule has 4 rings (SSSR count). The van der Waals surface area contributed by atoms with E-state index in [0.717, 1.165) is 17.3 Å². The molecule has 0 unspecified atom stereocenters. The fourth-order valence-corrected chi connectivity index (χ4v) is 4.17. The number of carbonyl (C=O) groups is 3. The molecule has 0 bridgehead atoms. The van der Waals surface area contributed by atoms with Crippen molar-refractivity contribution in [3.05, 3.63) is 88.3 Å². The molecule has 9 heteroatoms. The Kier molecular flexibility index (Phi) is 7.95. The molecule has 0 aromatic heterocycles. The van der Waals surface area contributed by atoms with Gasteiger partial charge in [0.05, 0.1) is 31.8 Å². The third-order valence-corrected chi connectivity index (χ3v) is 6.12. The third-order valence-electron chi connectivity index (χ3n) is 5.31. The Morgan fingerprint density at radius 1 is 0.784 bits per heavy atom. The van der Waals surface area contributed by atoms with Crippen LogP contribution in [-0.2, 0) is 14.3 Å². The summed E-state index contributed by atoms with van der Waals surface area (Å²) in [6.07, 6.45) is 3.35. The predicted molar refractivity (Wildman–Crippen MR) is 141 cm³/mol. The highest BCUT2D eigenvalue weighted by atomic mass is 32.2. The standard InChI is InChI=1S/C28H23NO7S/c1-33-22-12-18(13-23(16-22)34-2)14-24(27(31)35-3)19-6-10-21(11-7-19)36-20-8-4-17(5-9-20)15-25-26(30)29-28(32)37-25/h4-16H,1-3H3,(H,29,30,32)/b24-14-,25-15+. The number of thioether (sulfide) groups is 1. The van der Waals surface area contributed by atoms with E-state index < -0.39 is 11.9 Å². The van der Waals surface area contributed by atoms with Crippen LogP contribution in [0.25, 0.3) is 17.7 Å². The molecule has 188 valence electrons. The van der Waals surface area contributed by atoms with E-state index in [4.69, 9.17) is 18.9 Å². The van der Waals surface area contributed by atoms with Gasteiger partial charge in [-0.1, -0.05) is 24.3 Å². The smallest absolute Gasteiger partial charge is 0.338 e. The van der Waals surface area contributed by atoms with Crippen LogP contribution in [-0.4, -0.2) is 38.4 Å². The van der Waals surface area contributed by atoms with Crippen molar-refractivity contribution < 1.29 is 33.3 Å². The fourth-order valence-electron chi connectivity index (χ4n) is 3.49. The third kappa shape index (κ3) is 6.39. The van der Waals surface area contributed by atoms with E-state index in [1.807, 2.05) is 0 Å². The van der Waals surface area contributed by atoms with Crippen molar-refractivity contribution in [2.75, 3.05) is 21.3 Å². The van der Waals surface area contributed by atoms with Gasteiger partial charge in [0.25, 0.3) is 11.1 Å². The lowest BCUT2D eigenvalue weighted by Crippen LogP contribution is -2.17. The van der Waals surface area contributed by atoms with Gasteiger partial charge < -0.3 is 18.9 Å². The van der Waals surface area contributed by atoms with E-state index in [2.05, 4.69) is 5.32 Å².